The van der Waals surface area contributed by atoms with Crippen molar-refractivity contribution in [3.63, 3.8) is 0 Å². The zero-order valence-corrected chi connectivity index (χ0v) is 17.2. The van der Waals surface area contributed by atoms with Crippen molar-refractivity contribution in [1.29, 1.82) is 0 Å². The molecule has 28 heavy (non-hydrogen) atoms. The molecule has 0 heterocycles. The maximum Gasteiger partial charge on any atom is 0.441 e. The lowest BCUT2D eigenvalue weighted by Gasteiger charge is -2.19. The molecule has 0 atom stereocenters. The molecule has 0 unspecified atom stereocenters. The molecule has 0 aromatic carbocycles. The van der Waals surface area contributed by atoms with Crippen molar-refractivity contribution in [2.24, 2.45) is 0 Å². The van der Waals surface area contributed by atoms with Crippen molar-refractivity contribution >= 4 is 24.1 Å². The number of ether oxygens (including phenoxy) is 2. The minimum atomic E-state index is -0.852. The molecule has 2 amide bonds. The monoisotopic (exact) mass is 402 g/mol. The van der Waals surface area contributed by atoms with Gasteiger partial charge in [-0.15, -0.1) is 11.0 Å². The fraction of sp³-hybridized carbons (Fsp3) is 0.667. The second-order valence-electron chi connectivity index (χ2n) is 7.70. The van der Waals surface area contributed by atoms with E-state index in [-0.39, 0.29) is 12.8 Å². The van der Waals surface area contributed by atoms with Crippen LogP contribution in [0.25, 0.3) is 0 Å². The van der Waals surface area contributed by atoms with Gasteiger partial charge in [0, 0.05) is 0 Å². The van der Waals surface area contributed by atoms with Crippen LogP contribution in [-0.2, 0) is 28.7 Å². The van der Waals surface area contributed by atoms with Gasteiger partial charge in [-0.25, -0.2) is 19.2 Å². The Kier molecular flexibility index (Phi) is 10.7. The predicted molar refractivity (Wildman–Crippen MR) is 98.5 cm³/mol. The number of carbonyl (C=O) groups excluding carboxylic acids is 4. The van der Waals surface area contributed by atoms with Crippen LogP contribution >= 0.6 is 0 Å². The highest BCUT2D eigenvalue weighted by Gasteiger charge is 2.18. The lowest BCUT2D eigenvalue weighted by molar-refractivity contribution is -0.151. The summed E-state index contributed by atoms with van der Waals surface area (Å²) in [4.78, 5) is 54.6. The van der Waals surface area contributed by atoms with Crippen LogP contribution in [0.15, 0.2) is 12.2 Å². The highest BCUT2D eigenvalue weighted by atomic mass is 16.7. The average molecular weight is 402 g/mol. The Morgan fingerprint density at radius 1 is 0.679 bits per heavy atom. The average Bonchev–Trinajstić information content (AvgIpc) is 2.51. The Labute approximate surface area is 164 Å². The van der Waals surface area contributed by atoms with Crippen molar-refractivity contribution < 1.29 is 38.3 Å². The molecule has 0 saturated heterocycles. The molecule has 10 nitrogen and oxygen atoms in total. The maximum absolute atomic E-state index is 11.4. The first kappa shape index (κ1) is 25.2. The predicted octanol–water partition coefficient (Wildman–Crippen LogP) is 3.07. The Morgan fingerprint density at radius 2 is 1.00 bits per heavy atom. The van der Waals surface area contributed by atoms with E-state index >= 15 is 0 Å². The fourth-order valence-electron chi connectivity index (χ4n) is 1.54. The number of carbonyl (C=O) groups is 4. The summed E-state index contributed by atoms with van der Waals surface area (Å²) in [6.45, 7) is 10.1. The van der Waals surface area contributed by atoms with E-state index in [1.54, 1.807) is 53.7 Å². The summed E-state index contributed by atoms with van der Waals surface area (Å²) in [5.41, 5.74) is 2.42. The second-order valence-corrected chi connectivity index (χ2v) is 7.70. The molecule has 0 aromatic heterocycles. The summed E-state index contributed by atoms with van der Waals surface area (Å²) in [6, 6.07) is 0. The van der Waals surface area contributed by atoms with Gasteiger partial charge in [-0.2, -0.15) is 0 Å². The molecule has 0 radical (unpaired) electrons. The minimum Gasteiger partial charge on any atom is -0.442 e. The van der Waals surface area contributed by atoms with Crippen LogP contribution < -0.4 is 11.0 Å². The molecule has 0 aliphatic rings. The fourth-order valence-corrected chi connectivity index (χ4v) is 1.54. The molecule has 0 fully saturated rings. The van der Waals surface area contributed by atoms with E-state index in [0.29, 0.717) is 12.8 Å². The van der Waals surface area contributed by atoms with Gasteiger partial charge in [0.05, 0.1) is 12.8 Å². The van der Waals surface area contributed by atoms with Crippen LogP contribution in [0, 0.1) is 0 Å². The van der Waals surface area contributed by atoms with Crippen molar-refractivity contribution in [3.8, 4) is 0 Å². The van der Waals surface area contributed by atoms with Crippen LogP contribution in [0.3, 0.4) is 0 Å². The normalized spacial score (nSPS) is 11.5. The summed E-state index contributed by atoms with van der Waals surface area (Å²) in [7, 11) is 0. The zero-order chi connectivity index (χ0) is 21.8. The highest BCUT2D eigenvalue weighted by molar-refractivity contribution is 5.74. The smallest absolute Gasteiger partial charge is 0.441 e. The molecule has 0 saturated carbocycles. The van der Waals surface area contributed by atoms with Crippen LogP contribution in [0.5, 0.6) is 0 Å². The number of hydrogen-bond acceptors (Lipinski definition) is 8. The first-order chi connectivity index (χ1) is 12.8. The summed E-state index contributed by atoms with van der Waals surface area (Å²) in [6.07, 6.45) is 2.46. The molecule has 0 aliphatic heterocycles. The number of amides is 2. The van der Waals surface area contributed by atoms with Crippen LogP contribution in [-0.4, -0.2) is 35.3 Å². The summed E-state index contributed by atoms with van der Waals surface area (Å²) < 4.78 is 9.81. The lowest BCUT2D eigenvalue weighted by atomic mass is 10.2. The Bertz CT molecular complexity index is 523. The van der Waals surface area contributed by atoms with Gasteiger partial charge in [-0.3, -0.25) is 0 Å². The number of hydroxylamine groups is 2. The number of hydrogen-bond donors (Lipinski definition) is 2. The highest BCUT2D eigenvalue weighted by Crippen LogP contribution is 2.07. The van der Waals surface area contributed by atoms with E-state index in [1.807, 2.05) is 11.0 Å². The van der Waals surface area contributed by atoms with Gasteiger partial charge in [-0.1, -0.05) is 12.2 Å². The van der Waals surface area contributed by atoms with Crippen molar-refractivity contribution in [2.75, 3.05) is 0 Å². The van der Waals surface area contributed by atoms with Crippen molar-refractivity contribution in [2.45, 2.75) is 78.4 Å². The number of nitrogens with one attached hydrogen (secondary N) is 2. The molecule has 0 bridgehead atoms. The van der Waals surface area contributed by atoms with Crippen LogP contribution in [0.2, 0.25) is 0 Å². The van der Waals surface area contributed by atoms with E-state index in [1.165, 1.54) is 0 Å². The molecule has 2 N–H and O–H groups in total. The summed E-state index contributed by atoms with van der Waals surface area (Å²) >= 11 is 0. The SMILES string of the molecule is CC(C)(C)OC(=O)NOC(=O)CCC=CCCC(=O)ONC(=O)OC(C)(C)C. The third-order valence-electron chi connectivity index (χ3n) is 2.49. The summed E-state index contributed by atoms with van der Waals surface area (Å²) in [5, 5.41) is 0. The van der Waals surface area contributed by atoms with Gasteiger partial charge in [-0.05, 0) is 54.4 Å². The number of rotatable bonds is 6. The largest absolute Gasteiger partial charge is 0.442 e. The van der Waals surface area contributed by atoms with Gasteiger partial charge in [0.1, 0.15) is 11.2 Å². The second kappa shape index (κ2) is 11.8. The third-order valence-corrected chi connectivity index (χ3v) is 2.49. The Hall–Kier alpha value is -2.78. The molecule has 0 spiro atoms. The molecule has 0 aliphatic carbocycles. The molecule has 10 heteroatoms. The molecule has 160 valence electrons. The Morgan fingerprint density at radius 3 is 1.29 bits per heavy atom. The van der Waals surface area contributed by atoms with Gasteiger partial charge >= 0.3 is 24.1 Å². The van der Waals surface area contributed by atoms with Gasteiger partial charge in [0.15, 0.2) is 0 Å². The Balaban J connectivity index is 3.81. The van der Waals surface area contributed by atoms with Gasteiger partial charge < -0.3 is 19.1 Å². The molecule has 0 rings (SSSR count). The van der Waals surface area contributed by atoms with Crippen LogP contribution in [0.4, 0.5) is 9.59 Å². The van der Waals surface area contributed by atoms with Crippen LogP contribution in [0.1, 0.15) is 67.2 Å². The molecular weight excluding hydrogens is 372 g/mol. The molecule has 0 aromatic rings. The summed E-state index contributed by atoms with van der Waals surface area (Å²) in [5.74, 6) is -1.26. The van der Waals surface area contributed by atoms with E-state index in [4.69, 9.17) is 9.47 Å². The zero-order valence-electron chi connectivity index (χ0n) is 17.2. The first-order valence-electron chi connectivity index (χ1n) is 8.81. The first-order valence-corrected chi connectivity index (χ1v) is 8.81. The van der Waals surface area contributed by atoms with E-state index in [2.05, 4.69) is 9.68 Å². The van der Waals surface area contributed by atoms with E-state index < -0.39 is 35.3 Å². The topological polar surface area (TPSA) is 129 Å². The minimum absolute atomic E-state index is 0.0386. The van der Waals surface area contributed by atoms with Gasteiger partial charge in [0.25, 0.3) is 0 Å². The number of allylic oxidation sites excluding steroid dienone is 2. The maximum atomic E-state index is 11.4. The lowest BCUT2D eigenvalue weighted by Crippen LogP contribution is -2.34. The van der Waals surface area contributed by atoms with Crippen molar-refractivity contribution in [3.05, 3.63) is 12.2 Å². The third kappa shape index (κ3) is 16.7. The van der Waals surface area contributed by atoms with Crippen molar-refractivity contribution in [1.82, 2.24) is 11.0 Å². The quantitative estimate of drug-likeness (QED) is 0.394. The van der Waals surface area contributed by atoms with E-state index in [9.17, 15) is 19.2 Å². The van der Waals surface area contributed by atoms with Gasteiger partial charge in [0.2, 0.25) is 0 Å². The standard InChI is InChI=1S/C18H30N2O8/c1-17(2,3)25-15(23)19-27-13(21)11-9-7-8-10-12-14(22)28-20-16(24)26-18(4,5)6/h7-8H,9-12H2,1-6H3,(H,19,23)(H,20,24). The van der Waals surface area contributed by atoms with E-state index in [0.717, 1.165) is 0 Å². The molecular formula is C18H30N2O8.